The molecule has 350 valence electrons. The lowest BCUT2D eigenvalue weighted by atomic mass is 9.99. The summed E-state index contributed by atoms with van der Waals surface area (Å²) in [6.45, 7) is 3.58. The summed E-state index contributed by atoms with van der Waals surface area (Å²) in [7, 11) is 0. The Hall–Kier alpha value is -2.63. The zero-order valence-corrected chi connectivity index (χ0v) is 38.4. The third kappa shape index (κ3) is 31.8. The second-order valence-corrected chi connectivity index (χ2v) is 16.5. The highest BCUT2D eigenvalue weighted by molar-refractivity contribution is 5.77. The van der Waals surface area contributed by atoms with E-state index in [4.69, 9.17) is 9.47 Å². The first kappa shape index (κ1) is 56.4. The van der Waals surface area contributed by atoms with Gasteiger partial charge in [0.1, 0.15) is 24.4 Å². The number of unbranched alkanes of at least 4 members (excludes halogenated alkanes) is 18. The fourth-order valence-electron chi connectivity index (χ4n) is 7.12. The number of aliphatic hydroxyl groups is 5. The maximum atomic E-state index is 12.9. The highest BCUT2D eigenvalue weighted by Gasteiger charge is 2.44. The number of ether oxygens (including phenoxy) is 2. The standard InChI is InChI=1S/C52H89NO8/c1-3-5-7-9-11-13-15-17-19-20-21-22-23-24-25-26-28-29-31-33-35-37-39-41-46(55)45(44-60-52-51(59)50(58)49(57)47(43-54)61-52)53-48(56)42-40-38-36-34-32-30-27-18-16-14-12-10-8-6-4-2/h6,8,12,14,18,27,31-34,38-41,45-47,49-52,54-55,57-59H,3-5,7,9-11,13,15-17,19-26,28-30,35-37,42-44H2,1-2H3,(H,53,56)/b8-6-,14-12-,27-18-,33-31+,34-32-,40-38-,41-39+. The average molecular weight is 856 g/mol. The molecule has 0 aromatic heterocycles. The monoisotopic (exact) mass is 856 g/mol. The number of allylic oxidation sites excluding steroid dienone is 12. The van der Waals surface area contributed by atoms with Gasteiger partial charge in [0, 0.05) is 6.42 Å². The second kappa shape index (κ2) is 41.4. The first-order chi connectivity index (χ1) is 29.8. The number of hydrogen-bond donors (Lipinski definition) is 6. The highest BCUT2D eigenvalue weighted by atomic mass is 16.7. The molecule has 1 heterocycles. The van der Waals surface area contributed by atoms with Gasteiger partial charge in [-0.2, -0.15) is 0 Å². The van der Waals surface area contributed by atoms with Crippen molar-refractivity contribution in [1.82, 2.24) is 5.32 Å². The van der Waals surface area contributed by atoms with Gasteiger partial charge in [-0.05, 0) is 57.8 Å². The lowest BCUT2D eigenvalue weighted by Gasteiger charge is -2.40. The van der Waals surface area contributed by atoms with Crippen molar-refractivity contribution in [3.63, 3.8) is 0 Å². The fraction of sp³-hybridized carbons (Fsp3) is 0.712. The number of nitrogens with one attached hydrogen (secondary N) is 1. The van der Waals surface area contributed by atoms with E-state index >= 15 is 0 Å². The molecule has 1 aliphatic heterocycles. The predicted octanol–water partition coefficient (Wildman–Crippen LogP) is 10.7. The smallest absolute Gasteiger partial charge is 0.224 e. The van der Waals surface area contributed by atoms with E-state index in [1.807, 2.05) is 18.2 Å². The van der Waals surface area contributed by atoms with Crippen LogP contribution in [0.15, 0.2) is 85.1 Å². The van der Waals surface area contributed by atoms with Crippen LogP contribution in [0.3, 0.4) is 0 Å². The zero-order chi connectivity index (χ0) is 44.4. The van der Waals surface area contributed by atoms with Crippen LogP contribution < -0.4 is 5.32 Å². The highest BCUT2D eigenvalue weighted by Crippen LogP contribution is 2.22. The summed E-state index contributed by atoms with van der Waals surface area (Å²) in [4.78, 5) is 12.9. The second-order valence-electron chi connectivity index (χ2n) is 16.5. The van der Waals surface area contributed by atoms with Gasteiger partial charge in [-0.1, -0.05) is 202 Å². The molecule has 0 aromatic rings. The Morgan fingerprint density at radius 3 is 1.54 bits per heavy atom. The minimum atomic E-state index is -1.59. The maximum Gasteiger partial charge on any atom is 0.224 e. The molecule has 1 fully saturated rings. The van der Waals surface area contributed by atoms with Gasteiger partial charge in [0.05, 0.1) is 25.4 Å². The van der Waals surface area contributed by atoms with Crippen molar-refractivity contribution in [1.29, 1.82) is 0 Å². The molecule has 0 bridgehead atoms. The van der Waals surface area contributed by atoms with Crippen molar-refractivity contribution in [2.75, 3.05) is 13.2 Å². The number of carbonyl (C=O) groups excluding carboxylic acids is 1. The van der Waals surface area contributed by atoms with E-state index in [-0.39, 0.29) is 18.9 Å². The maximum absolute atomic E-state index is 12.9. The van der Waals surface area contributed by atoms with E-state index < -0.39 is 49.5 Å². The lowest BCUT2D eigenvalue weighted by molar-refractivity contribution is -0.302. The van der Waals surface area contributed by atoms with Crippen LogP contribution in [-0.4, -0.2) is 87.5 Å². The Kier molecular flexibility index (Phi) is 38.3. The van der Waals surface area contributed by atoms with Crippen molar-refractivity contribution in [3.05, 3.63) is 85.1 Å². The van der Waals surface area contributed by atoms with E-state index in [0.29, 0.717) is 6.42 Å². The molecule has 1 rings (SSSR count). The minimum absolute atomic E-state index is 0.102. The number of rotatable bonds is 39. The molecule has 1 amide bonds. The van der Waals surface area contributed by atoms with Gasteiger partial charge < -0.3 is 40.3 Å². The Morgan fingerprint density at radius 1 is 0.574 bits per heavy atom. The molecule has 0 saturated carbocycles. The van der Waals surface area contributed by atoms with Crippen molar-refractivity contribution in [2.45, 2.75) is 224 Å². The quantitative estimate of drug-likeness (QED) is 0.0264. The van der Waals surface area contributed by atoms with E-state index in [1.54, 1.807) is 12.2 Å². The molecule has 0 spiro atoms. The van der Waals surface area contributed by atoms with Crippen molar-refractivity contribution in [2.24, 2.45) is 0 Å². The van der Waals surface area contributed by atoms with Crippen molar-refractivity contribution in [3.8, 4) is 0 Å². The van der Waals surface area contributed by atoms with E-state index in [2.05, 4.69) is 73.8 Å². The van der Waals surface area contributed by atoms with Gasteiger partial charge in [0.15, 0.2) is 6.29 Å². The molecular weight excluding hydrogens is 767 g/mol. The van der Waals surface area contributed by atoms with E-state index in [0.717, 1.165) is 44.9 Å². The molecule has 1 saturated heterocycles. The van der Waals surface area contributed by atoms with Gasteiger partial charge in [-0.3, -0.25) is 4.79 Å². The largest absolute Gasteiger partial charge is 0.394 e. The third-order valence-electron chi connectivity index (χ3n) is 11.0. The van der Waals surface area contributed by atoms with Crippen LogP contribution in [0, 0.1) is 0 Å². The topological polar surface area (TPSA) is 149 Å². The first-order valence-electron chi connectivity index (χ1n) is 24.3. The molecule has 7 unspecified atom stereocenters. The van der Waals surface area contributed by atoms with Gasteiger partial charge in [0.25, 0.3) is 0 Å². The van der Waals surface area contributed by atoms with Crippen LogP contribution in [0.4, 0.5) is 0 Å². The Morgan fingerprint density at radius 2 is 1.03 bits per heavy atom. The van der Waals surface area contributed by atoms with E-state index in [1.165, 1.54) is 109 Å². The molecule has 9 heteroatoms. The molecule has 61 heavy (non-hydrogen) atoms. The summed E-state index contributed by atoms with van der Waals surface area (Å²) in [6, 6.07) is -0.880. The molecule has 0 aliphatic carbocycles. The van der Waals surface area contributed by atoms with Crippen LogP contribution >= 0.6 is 0 Å². The van der Waals surface area contributed by atoms with Crippen LogP contribution in [0.5, 0.6) is 0 Å². The van der Waals surface area contributed by atoms with Gasteiger partial charge in [-0.15, -0.1) is 0 Å². The molecule has 1 aliphatic rings. The van der Waals surface area contributed by atoms with Crippen LogP contribution in [-0.2, 0) is 14.3 Å². The molecule has 0 radical (unpaired) electrons. The number of hydrogen-bond acceptors (Lipinski definition) is 8. The Labute approximate surface area is 371 Å². The normalized spacial score (nSPS) is 21.2. The zero-order valence-electron chi connectivity index (χ0n) is 38.4. The molecule has 0 aromatic carbocycles. The summed E-state index contributed by atoms with van der Waals surface area (Å²) in [5.74, 6) is -0.316. The minimum Gasteiger partial charge on any atom is -0.394 e. The number of amides is 1. The summed E-state index contributed by atoms with van der Waals surface area (Å²) in [6.07, 6.45) is 51.0. The molecule has 7 atom stereocenters. The van der Waals surface area contributed by atoms with Crippen LogP contribution in [0.1, 0.15) is 181 Å². The predicted molar refractivity (Wildman–Crippen MR) is 253 cm³/mol. The molecule has 6 N–H and O–H groups in total. The lowest BCUT2D eigenvalue weighted by Crippen LogP contribution is -2.60. The Bertz CT molecular complexity index is 1220. The molecular formula is C52H89NO8. The van der Waals surface area contributed by atoms with Crippen molar-refractivity contribution >= 4 is 5.91 Å². The van der Waals surface area contributed by atoms with Crippen LogP contribution in [0.2, 0.25) is 0 Å². The number of aliphatic hydroxyl groups excluding tert-OH is 5. The van der Waals surface area contributed by atoms with Gasteiger partial charge in [-0.25, -0.2) is 0 Å². The first-order valence-corrected chi connectivity index (χ1v) is 24.3. The summed E-state index contributed by atoms with van der Waals surface area (Å²) >= 11 is 0. The summed E-state index contributed by atoms with van der Waals surface area (Å²) in [5.41, 5.74) is 0. The molecule has 9 nitrogen and oxygen atoms in total. The fourth-order valence-corrected chi connectivity index (χ4v) is 7.12. The van der Waals surface area contributed by atoms with E-state index in [9.17, 15) is 30.3 Å². The number of carbonyl (C=O) groups is 1. The van der Waals surface area contributed by atoms with Crippen molar-refractivity contribution < 1.29 is 39.8 Å². The third-order valence-corrected chi connectivity index (χ3v) is 11.0. The Balaban J connectivity index is 2.39. The van der Waals surface area contributed by atoms with Gasteiger partial charge in [0.2, 0.25) is 5.91 Å². The average Bonchev–Trinajstić information content (AvgIpc) is 3.26. The van der Waals surface area contributed by atoms with Crippen LogP contribution in [0.25, 0.3) is 0 Å². The summed E-state index contributed by atoms with van der Waals surface area (Å²) in [5, 5.41) is 54.1. The van der Waals surface area contributed by atoms with Gasteiger partial charge >= 0.3 is 0 Å². The SMILES string of the molecule is CC/C=C\C/C=C\C/C=C\C/C=C\C/C=C\CC(=O)NC(COC1OC(CO)C(O)C(O)C1O)C(O)/C=C/CC/C=C/CCCCCCCCCCCCCCCCCCC. The summed E-state index contributed by atoms with van der Waals surface area (Å²) < 4.78 is 11.2.